The quantitative estimate of drug-likeness (QED) is 0.791. The number of hydrogen-bond donors (Lipinski definition) is 2. The number of ether oxygens (including phenoxy) is 1. The van der Waals surface area contributed by atoms with Crippen molar-refractivity contribution < 1.29 is 21.9 Å². The molecule has 0 radical (unpaired) electrons. The Hall–Kier alpha value is -0.960. The summed E-state index contributed by atoms with van der Waals surface area (Å²) >= 11 is 0. The van der Waals surface area contributed by atoms with Gasteiger partial charge in [0.15, 0.2) is 0 Å². The second-order valence-electron chi connectivity index (χ2n) is 3.79. The molecule has 0 aliphatic carbocycles. The Kier molecular flexibility index (Phi) is 7.35. The van der Waals surface area contributed by atoms with Gasteiger partial charge in [-0.25, -0.2) is 21.9 Å². The predicted molar refractivity (Wildman–Crippen MR) is 74.0 cm³/mol. The lowest BCUT2D eigenvalue weighted by Crippen LogP contribution is -2.41. The normalized spacial score (nSPS) is 11.8. The SMILES string of the molecule is CCOc1cccc(S(=O)(=O)NCC(F)(F)CN)c1.Cl. The standard InChI is InChI=1S/C11H16F2N2O3S.ClH/c1-2-18-9-4-3-5-10(6-9)19(16,17)15-8-11(12,13)7-14;/h3-6,15H,2,7-8,14H2,1H3;1H. The summed E-state index contributed by atoms with van der Waals surface area (Å²) in [6, 6.07) is 5.62. The monoisotopic (exact) mass is 330 g/mol. The molecule has 0 spiro atoms. The molecule has 5 nitrogen and oxygen atoms in total. The van der Waals surface area contributed by atoms with Crippen LogP contribution in [0.5, 0.6) is 5.75 Å². The molecule has 0 aromatic heterocycles. The minimum atomic E-state index is -4.01. The number of sulfonamides is 1. The highest BCUT2D eigenvalue weighted by atomic mass is 35.5. The van der Waals surface area contributed by atoms with Gasteiger partial charge in [-0.2, -0.15) is 0 Å². The van der Waals surface area contributed by atoms with Gasteiger partial charge < -0.3 is 10.5 Å². The Balaban J connectivity index is 0.00000361. The molecule has 0 aliphatic rings. The Morgan fingerprint density at radius 2 is 2.05 bits per heavy atom. The van der Waals surface area contributed by atoms with Crippen molar-refractivity contribution in [2.45, 2.75) is 17.7 Å². The van der Waals surface area contributed by atoms with E-state index < -0.39 is 29.0 Å². The smallest absolute Gasteiger partial charge is 0.273 e. The van der Waals surface area contributed by atoms with Gasteiger partial charge in [0.05, 0.1) is 24.6 Å². The molecule has 0 atom stereocenters. The minimum absolute atomic E-state index is 0. The van der Waals surface area contributed by atoms with Crippen LogP contribution in [0.1, 0.15) is 6.92 Å². The van der Waals surface area contributed by atoms with Gasteiger partial charge in [0.1, 0.15) is 5.75 Å². The van der Waals surface area contributed by atoms with Crippen molar-refractivity contribution in [3.8, 4) is 5.75 Å². The highest BCUT2D eigenvalue weighted by molar-refractivity contribution is 7.89. The lowest BCUT2D eigenvalue weighted by Gasteiger charge is -2.15. The maximum Gasteiger partial charge on any atom is 0.273 e. The number of hydrogen-bond acceptors (Lipinski definition) is 4. The second kappa shape index (κ2) is 7.72. The van der Waals surface area contributed by atoms with Gasteiger partial charge in [-0.05, 0) is 19.1 Å². The number of benzene rings is 1. The van der Waals surface area contributed by atoms with E-state index in [0.29, 0.717) is 12.4 Å². The molecule has 0 fully saturated rings. The lowest BCUT2D eigenvalue weighted by atomic mass is 10.3. The van der Waals surface area contributed by atoms with Crippen LogP contribution in [0.15, 0.2) is 29.2 Å². The molecule has 1 rings (SSSR count). The highest BCUT2D eigenvalue weighted by Gasteiger charge is 2.29. The second-order valence-corrected chi connectivity index (χ2v) is 5.56. The number of halogens is 3. The fourth-order valence-electron chi connectivity index (χ4n) is 1.25. The number of rotatable bonds is 7. The molecule has 0 bridgehead atoms. The maximum absolute atomic E-state index is 12.9. The molecule has 1 aromatic rings. The van der Waals surface area contributed by atoms with Crippen molar-refractivity contribution >= 4 is 22.4 Å². The van der Waals surface area contributed by atoms with E-state index in [2.05, 4.69) is 0 Å². The fourth-order valence-corrected chi connectivity index (χ4v) is 2.35. The summed E-state index contributed by atoms with van der Waals surface area (Å²) in [4.78, 5) is -0.133. The maximum atomic E-state index is 12.9. The van der Waals surface area contributed by atoms with Crippen molar-refractivity contribution in [3.05, 3.63) is 24.3 Å². The van der Waals surface area contributed by atoms with E-state index in [1.54, 1.807) is 13.0 Å². The lowest BCUT2D eigenvalue weighted by molar-refractivity contribution is 0.0170. The van der Waals surface area contributed by atoms with E-state index in [-0.39, 0.29) is 17.3 Å². The third-order valence-electron chi connectivity index (χ3n) is 2.25. The molecule has 3 N–H and O–H groups in total. The van der Waals surface area contributed by atoms with Gasteiger partial charge in [0, 0.05) is 6.07 Å². The molecule has 0 amide bonds. The Labute approximate surface area is 123 Å². The van der Waals surface area contributed by atoms with Gasteiger partial charge in [-0.1, -0.05) is 6.07 Å². The number of nitrogens with two attached hydrogens (primary N) is 1. The fraction of sp³-hybridized carbons (Fsp3) is 0.455. The average Bonchev–Trinajstić information content (AvgIpc) is 2.38. The topological polar surface area (TPSA) is 81.4 Å². The summed E-state index contributed by atoms with van der Waals surface area (Å²) in [5, 5.41) is 0. The number of nitrogens with one attached hydrogen (secondary N) is 1. The summed E-state index contributed by atoms with van der Waals surface area (Å²) < 4.78 is 56.4. The molecule has 0 unspecified atom stereocenters. The Morgan fingerprint density at radius 1 is 1.40 bits per heavy atom. The van der Waals surface area contributed by atoms with Crippen molar-refractivity contribution in [2.24, 2.45) is 5.73 Å². The first-order valence-electron chi connectivity index (χ1n) is 5.61. The Bertz CT molecular complexity index is 526. The third kappa shape index (κ3) is 5.58. The summed E-state index contributed by atoms with van der Waals surface area (Å²) in [6.45, 7) is 0.169. The van der Waals surface area contributed by atoms with E-state index in [0.717, 1.165) is 0 Å². The van der Waals surface area contributed by atoms with Crippen molar-refractivity contribution in [3.63, 3.8) is 0 Å². The van der Waals surface area contributed by atoms with E-state index in [4.69, 9.17) is 10.5 Å². The van der Waals surface area contributed by atoms with E-state index >= 15 is 0 Å². The molecule has 1 aromatic carbocycles. The Morgan fingerprint density at radius 3 is 2.60 bits per heavy atom. The highest BCUT2D eigenvalue weighted by Crippen LogP contribution is 2.18. The summed E-state index contributed by atoms with van der Waals surface area (Å²) in [5.41, 5.74) is 4.83. The van der Waals surface area contributed by atoms with Crippen LogP contribution < -0.4 is 15.2 Å². The van der Waals surface area contributed by atoms with E-state index in [1.165, 1.54) is 18.2 Å². The molecular formula is C11H17ClF2N2O3S. The minimum Gasteiger partial charge on any atom is -0.494 e. The zero-order valence-electron chi connectivity index (χ0n) is 10.8. The third-order valence-corrected chi connectivity index (χ3v) is 3.65. The van der Waals surface area contributed by atoms with Crippen LogP contribution in [-0.2, 0) is 10.0 Å². The summed E-state index contributed by atoms with van der Waals surface area (Å²) in [5.74, 6) is -2.92. The molecule has 0 aliphatic heterocycles. The van der Waals surface area contributed by atoms with Crippen molar-refractivity contribution in [2.75, 3.05) is 19.7 Å². The molecular weight excluding hydrogens is 314 g/mol. The molecule has 0 heterocycles. The first-order valence-corrected chi connectivity index (χ1v) is 7.09. The van der Waals surface area contributed by atoms with Crippen LogP contribution in [0.25, 0.3) is 0 Å². The molecule has 9 heteroatoms. The zero-order chi connectivity index (χ0) is 14.5. The first-order chi connectivity index (χ1) is 8.80. The molecule has 0 saturated carbocycles. The molecule has 0 saturated heterocycles. The number of alkyl halides is 2. The largest absolute Gasteiger partial charge is 0.494 e. The van der Waals surface area contributed by atoms with Gasteiger partial charge >= 0.3 is 0 Å². The van der Waals surface area contributed by atoms with Gasteiger partial charge in [-0.3, -0.25) is 0 Å². The zero-order valence-corrected chi connectivity index (χ0v) is 12.4. The van der Waals surface area contributed by atoms with Crippen molar-refractivity contribution in [1.29, 1.82) is 0 Å². The van der Waals surface area contributed by atoms with E-state index in [9.17, 15) is 17.2 Å². The van der Waals surface area contributed by atoms with E-state index in [1.807, 2.05) is 4.72 Å². The van der Waals surface area contributed by atoms with Crippen molar-refractivity contribution in [1.82, 2.24) is 4.72 Å². The average molecular weight is 331 g/mol. The van der Waals surface area contributed by atoms with Crippen LogP contribution in [0.2, 0.25) is 0 Å². The van der Waals surface area contributed by atoms with Crippen LogP contribution in [0, 0.1) is 0 Å². The van der Waals surface area contributed by atoms with Crippen LogP contribution in [0.4, 0.5) is 8.78 Å². The predicted octanol–water partition coefficient (Wildman–Crippen LogP) is 1.38. The van der Waals surface area contributed by atoms with Crippen LogP contribution >= 0.6 is 12.4 Å². The van der Waals surface area contributed by atoms with Gasteiger partial charge in [-0.15, -0.1) is 12.4 Å². The van der Waals surface area contributed by atoms with Crippen LogP contribution in [-0.4, -0.2) is 34.0 Å². The molecule has 20 heavy (non-hydrogen) atoms. The molecule has 116 valence electrons. The van der Waals surface area contributed by atoms with Gasteiger partial charge in [0.2, 0.25) is 10.0 Å². The first kappa shape index (κ1) is 19.0. The van der Waals surface area contributed by atoms with Gasteiger partial charge in [0.25, 0.3) is 5.92 Å². The summed E-state index contributed by atoms with van der Waals surface area (Å²) in [7, 11) is -4.01. The van der Waals surface area contributed by atoms with Crippen LogP contribution in [0.3, 0.4) is 0 Å². The summed E-state index contributed by atoms with van der Waals surface area (Å²) in [6.07, 6.45) is 0.